The fourth-order valence-corrected chi connectivity index (χ4v) is 3.10. The lowest BCUT2D eigenvalue weighted by molar-refractivity contribution is -0.148. The molecule has 0 aromatic carbocycles. The summed E-state index contributed by atoms with van der Waals surface area (Å²) >= 11 is 3.52. The van der Waals surface area contributed by atoms with Crippen LogP contribution in [0.3, 0.4) is 0 Å². The number of piperidine rings is 1. The Labute approximate surface area is 138 Å². The molecule has 0 bridgehead atoms. The molecule has 1 aromatic rings. The maximum Gasteiger partial charge on any atom is 0.306 e. The van der Waals surface area contributed by atoms with E-state index < -0.39 is 5.91 Å². The quantitative estimate of drug-likeness (QED) is 0.773. The van der Waals surface area contributed by atoms with Gasteiger partial charge in [0.2, 0.25) is 0 Å². The number of halogens is 1. The fourth-order valence-electron chi connectivity index (χ4n) is 2.59. The summed E-state index contributed by atoms with van der Waals surface area (Å²) in [5.74, 6) is 0.498. The monoisotopic (exact) mass is 369 g/mol. The average Bonchev–Trinajstić information content (AvgIpc) is 2.52. The number of esters is 1. The maximum absolute atomic E-state index is 11.5. The van der Waals surface area contributed by atoms with Crippen LogP contribution in [0.1, 0.15) is 25.7 Å². The van der Waals surface area contributed by atoms with Gasteiger partial charge >= 0.3 is 5.97 Å². The number of ether oxygens (including phenoxy) is 1. The molecular formula is C15H20BrN3O3. The van der Waals surface area contributed by atoms with Gasteiger partial charge in [0.05, 0.1) is 4.47 Å². The van der Waals surface area contributed by atoms with Crippen molar-refractivity contribution in [3.05, 3.63) is 22.8 Å². The zero-order valence-electron chi connectivity index (χ0n) is 12.3. The minimum absolute atomic E-state index is 0.328. The number of carbonyl (C=O) groups is 2. The molecule has 0 unspecified atom stereocenters. The molecule has 1 aliphatic heterocycles. The molecule has 2 heterocycles. The zero-order valence-corrected chi connectivity index (χ0v) is 13.9. The van der Waals surface area contributed by atoms with E-state index in [4.69, 9.17) is 10.5 Å². The number of hydrogen-bond donors (Lipinski definition) is 1. The largest absolute Gasteiger partial charge is 0.456 e. The number of pyridine rings is 1. The molecule has 1 aromatic heterocycles. The van der Waals surface area contributed by atoms with E-state index in [0.29, 0.717) is 12.3 Å². The highest BCUT2D eigenvalue weighted by Crippen LogP contribution is 2.29. The number of rotatable bonds is 6. The van der Waals surface area contributed by atoms with Crippen LogP contribution in [0, 0.1) is 5.92 Å². The smallest absolute Gasteiger partial charge is 0.306 e. The average molecular weight is 370 g/mol. The summed E-state index contributed by atoms with van der Waals surface area (Å²) in [6.45, 7) is 1.53. The van der Waals surface area contributed by atoms with Gasteiger partial charge < -0.3 is 15.4 Å². The van der Waals surface area contributed by atoms with Crippen LogP contribution in [-0.4, -0.2) is 36.6 Å². The summed E-state index contributed by atoms with van der Waals surface area (Å²) in [5, 5.41) is 0. The number of aromatic nitrogens is 1. The van der Waals surface area contributed by atoms with Crippen LogP contribution in [-0.2, 0) is 14.3 Å². The van der Waals surface area contributed by atoms with Crippen LogP contribution >= 0.6 is 15.9 Å². The minimum Gasteiger partial charge on any atom is -0.456 e. The van der Waals surface area contributed by atoms with Gasteiger partial charge in [-0.3, -0.25) is 9.59 Å². The van der Waals surface area contributed by atoms with E-state index in [-0.39, 0.29) is 12.6 Å². The van der Waals surface area contributed by atoms with Gasteiger partial charge in [-0.25, -0.2) is 4.98 Å². The molecule has 0 spiro atoms. The standard InChI is InChI=1S/C15H20BrN3O3/c16-12-2-1-7-18-15(12)19-8-5-11(6-9-19)3-4-14(21)22-10-13(17)20/h1-2,7,11H,3-6,8-10H2,(H2,17,20). The molecular weight excluding hydrogens is 350 g/mol. The van der Waals surface area contributed by atoms with E-state index in [2.05, 4.69) is 25.8 Å². The van der Waals surface area contributed by atoms with Crippen molar-refractivity contribution >= 4 is 33.6 Å². The van der Waals surface area contributed by atoms with Gasteiger partial charge in [0.15, 0.2) is 6.61 Å². The highest BCUT2D eigenvalue weighted by molar-refractivity contribution is 9.10. The molecule has 1 amide bonds. The van der Waals surface area contributed by atoms with Gasteiger partial charge in [0.25, 0.3) is 5.91 Å². The Hall–Kier alpha value is -1.63. The predicted octanol–water partition coefficient (Wildman–Crippen LogP) is 1.87. The molecule has 2 rings (SSSR count). The highest BCUT2D eigenvalue weighted by atomic mass is 79.9. The Morgan fingerprint density at radius 2 is 2.14 bits per heavy atom. The summed E-state index contributed by atoms with van der Waals surface area (Å²) in [5.41, 5.74) is 4.93. The van der Waals surface area contributed by atoms with Crippen molar-refractivity contribution < 1.29 is 14.3 Å². The summed E-state index contributed by atoms with van der Waals surface area (Å²) in [7, 11) is 0. The van der Waals surface area contributed by atoms with Crippen LogP contribution in [0.4, 0.5) is 5.82 Å². The lowest BCUT2D eigenvalue weighted by Crippen LogP contribution is -2.34. The highest BCUT2D eigenvalue weighted by Gasteiger charge is 2.22. The van der Waals surface area contributed by atoms with Crippen molar-refractivity contribution in [1.29, 1.82) is 0 Å². The van der Waals surface area contributed by atoms with E-state index >= 15 is 0 Å². The number of carbonyl (C=O) groups excluding carboxylic acids is 2. The van der Waals surface area contributed by atoms with E-state index in [9.17, 15) is 9.59 Å². The number of nitrogens with zero attached hydrogens (tertiary/aromatic N) is 2. The van der Waals surface area contributed by atoms with Crippen molar-refractivity contribution in [1.82, 2.24) is 4.98 Å². The summed E-state index contributed by atoms with van der Waals surface area (Å²) in [6, 6.07) is 3.89. The van der Waals surface area contributed by atoms with Crippen LogP contribution in [0.25, 0.3) is 0 Å². The topological polar surface area (TPSA) is 85.5 Å². The van der Waals surface area contributed by atoms with E-state index in [1.807, 2.05) is 12.1 Å². The molecule has 1 fully saturated rings. The van der Waals surface area contributed by atoms with Crippen molar-refractivity contribution in [2.45, 2.75) is 25.7 Å². The molecule has 2 N–H and O–H groups in total. The second kappa shape index (κ2) is 8.12. The Kier molecular flexibility index (Phi) is 6.18. The first kappa shape index (κ1) is 16.7. The molecule has 22 heavy (non-hydrogen) atoms. The molecule has 7 heteroatoms. The number of anilines is 1. The normalized spacial score (nSPS) is 15.6. The fraction of sp³-hybridized carbons (Fsp3) is 0.533. The first-order valence-corrected chi connectivity index (χ1v) is 8.15. The van der Waals surface area contributed by atoms with Gasteiger partial charge in [-0.05, 0) is 53.2 Å². The molecule has 0 aliphatic carbocycles. The van der Waals surface area contributed by atoms with Crippen molar-refractivity contribution in [3.63, 3.8) is 0 Å². The SMILES string of the molecule is NC(=O)COC(=O)CCC1CCN(c2ncccc2Br)CC1. The van der Waals surface area contributed by atoms with Crippen LogP contribution in [0.15, 0.2) is 22.8 Å². The van der Waals surface area contributed by atoms with Crippen molar-refractivity contribution in [3.8, 4) is 0 Å². The Morgan fingerprint density at radius 3 is 2.77 bits per heavy atom. The number of amides is 1. The minimum atomic E-state index is -0.623. The lowest BCUT2D eigenvalue weighted by atomic mass is 9.92. The zero-order chi connectivity index (χ0) is 15.9. The van der Waals surface area contributed by atoms with Crippen LogP contribution < -0.4 is 10.6 Å². The number of primary amides is 1. The second-order valence-corrected chi connectivity index (χ2v) is 6.26. The molecule has 0 saturated carbocycles. The van der Waals surface area contributed by atoms with Crippen molar-refractivity contribution in [2.75, 3.05) is 24.6 Å². The van der Waals surface area contributed by atoms with Gasteiger partial charge in [-0.1, -0.05) is 0 Å². The molecule has 0 radical (unpaired) electrons. The van der Waals surface area contributed by atoms with E-state index in [1.165, 1.54) is 0 Å². The maximum atomic E-state index is 11.5. The second-order valence-electron chi connectivity index (χ2n) is 5.40. The third-order valence-electron chi connectivity index (χ3n) is 3.79. The molecule has 0 atom stereocenters. The molecule has 1 aliphatic rings. The predicted molar refractivity (Wildman–Crippen MR) is 86.3 cm³/mol. The third-order valence-corrected chi connectivity index (χ3v) is 4.40. The number of nitrogens with two attached hydrogens (primary N) is 1. The Balaban J connectivity index is 1.72. The molecule has 1 saturated heterocycles. The van der Waals surface area contributed by atoms with Gasteiger partial charge in [0, 0.05) is 25.7 Å². The molecule has 120 valence electrons. The van der Waals surface area contributed by atoms with Crippen LogP contribution in [0.5, 0.6) is 0 Å². The van der Waals surface area contributed by atoms with E-state index in [1.54, 1.807) is 6.20 Å². The first-order chi connectivity index (χ1) is 10.6. The third kappa shape index (κ3) is 4.98. The van der Waals surface area contributed by atoms with Crippen LogP contribution in [0.2, 0.25) is 0 Å². The lowest BCUT2D eigenvalue weighted by Gasteiger charge is -2.33. The number of hydrogen-bond acceptors (Lipinski definition) is 5. The first-order valence-electron chi connectivity index (χ1n) is 7.35. The van der Waals surface area contributed by atoms with Gasteiger partial charge in [-0.15, -0.1) is 0 Å². The summed E-state index contributed by atoms with van der Waals surface area (Å²) in [6.07, 6.45) is 4.96. The molecule has 6 nitrogen and oxygen atoms in total. The van der Waals surface area contributed by atoms with Crippen molar-refractivity contribution in [2.24, 2.45) is 11.7 Å². The Morgan fingerprint density at radius 1 is 1.41 bits per heavy atom. The summed E-state index contributed by atoms with van der Waals surface area (Å²) in [4.78, 5) is 28.7. The van der Waals surface area contributed by atoms with E-state index in [0.717, 1.165) is 42.6 Å². The summed E-state index contributed by atoms with van der Waals surface area (Å²) < 4.78 is 5.76. The Bertz CT molecular complexity index is 531. The van der Waals surface area contributed by atoms with Gasteiger partial charge in [-0.2, -0.15) is 0 Å². The van der Waals surface area contributed by atoms with Gasteiger partial charge in [0.1, 0.15) is 5.82 Å².